The second-order valence-electron chi connectivity index (χ2n) is 14.1. The van der Waals surface area contributed by atoms with Crippen LogP contribution < -0.4 is 10.6 Å². The molecule has 1 aliphatic carbocycles. The normalized spacial score (nSPS) is 22.9. The molecular formula is C36H64N2O6. The van der Waals surface area contributed by atoms with Crippen molar-refractivity contribution in [3.8, 4) is 0 Å². The molecule has 0 spiro atoms. The average molecular weight is 621 g/mol. The first-order valence-electron chi connectivity index (χ1n) is 17.8. The summed E-state index contributed by atoms with van der Waals surface area (Å²) < 4.78 is 17.2. The molecular weight excluding hydrogens is 556 g/mol. The number of carbonyl (C=O) groups is 3. The predicted octanol–water partition coefficient (Wildman–Crippen LogP) is 7.68. The Balaban J connectivity index is 1.45. The molecule has 0 radical (unpaired) electrons. The van der Waals surface area contributed by atoms with Gasteiger partial charge in [0.1, 0.15) is 12.2 Å². The van der Waals surface area contributed by atoms with E-state index in [0.717, 1.165) is 38.5 Å². The number of amides is 2. The van der Waals surface area contributed by atoms with Gasteiger partial charge in [-0.15, -0.1) is 0 Å². The summed E-state index contributed by atoms with van der Waals surface area (Å²) in [4.78, 5) is 37.5. The van der Waals surface area contributed by atoms with Crippen molar-refractivity contribution in [3.63, 3.8) is 0 Å². The largest absolute Gasteiger partial charge is 0.462 e. The number of hydrogen-bond donors (Lipinski definition) is 2. The molecule has 0 aromatic heterocycles. The van der Waals surface area contributed by atoms with Crippen LogP contribution >= 0.6 is 0 Å². The third-order valence-electron chi connectivity index (χ3n) is 8.77. The van der Waals surface area contributed by atoms with Crippen LogP contribution in [0.4, 0.5) is 0 Å². The SMILES string of the molecule is CCCCCCCCC=CCCCCCCCC(=O)NC1CCC(OC(=O)CCNC(=O)C2OC(C)(C)OCC2(C)C)CC1. The number of esters is 1. The molecule has 8 heteroatoms. The van der Waals surface area contributed by atoms with Gasteiger partial charge in [0.2, 0.25) is 11.8 Å². The fourth-order valence-electron chi connectivity index (χ4n) is 5.93. The quantitative estimate of drug-likeness (QED) is 0.0775. The van der Waals surface area contributed by atoms with Crippen LogP contribution in [0.15, 0.2) is 12.2 Å². The molecule has 0 aromatic carbocycles. The van der Waals surface area contributed by atoms with Crippen molar-refractivity contribution in [2.75, 3.05) is 13.2 Å². The first-order valence-corrected chi connectivity index (χ1v) is 17.8. The summed E-state index contributed by atoms with van der Waals surface area (Å²) in [6.45, 7) is 10.3. The minimum absolute atomic E-state index is 0.116. The van der Waals surface area contributed by atoms with Gasteiger partial charge in [0.25, 0.3) is 0 Å². The van der Waals surface area contributed by atoms with Gasteiger partial charge in [0.15, 0.2) is 5.79 Å². The zero-order valence-electron chi connectivity index (χ0n) is 28.7. The first-order chi connectivity index (χ1) is 21.0. The molecule has 2 aliphatic rings. The molecule has 2 amide bonds. The topological polar surface area (TPSA) is 103 Å². The summed E-state index contributed by atoms with van der Waals surface area (Å²) in [5, 5.41) is 6.00. The van der Waals surface area contributed by atoms with Crippen molar-refractivity contribution in [2.24, 2.45) is 5.41 Å². The Morgan fingerprint density at radius 3 is 2.02 bits per heavy atom. The lowest BCUT2D eigenvalue weighted by Crippen LogP contribution is -2.56. The van der Waals surface area contributed by atoms with Gasteiger partial charge in [-0.25, -0.2) is 0 Å². The molecule has 44 heavy (non-hydrogen) atoms. The molecule has 1 aliphatic heterocycles. The van der Waals surface area contributed by atoms with E-state index in [0.29, 0.717) is 13.0 Å². The van der Waals surface area contributed by atoms with Crippen LogP contribution in [-0.2, 0) is 28.6 Å². The Hall–Kier alpha value is -1.93. The molecule has 8 nitrogen and oxygen atoms in total. The maximum Gasteiger partial charge on any atom is 0.307 e. The second-order valence-corrected chi connectivity index (χ2v) is 14.1. The smallest absolute Gasteiger partial charge is 0.307 e. The van der Waals surface area contributed by atoms with Crippen molar-refractivity contribution < 1.29 is 28.6 Å². The number of allylic oxidation sites excluding steroid dienone is 2. The van der Waals surface area contributed by atoms with Gasteiger partial charge in [-0.1, -0.05) is 84.3 Å². The van der Waals surface area contributed by atoms with Crippen LogP contribution in [0, 0.1) is 5.41 Å². The predicted molar refractivity (Wildman–Crippen MR) is 176 cm³/mol. The highest BCUT2D eigenvalue weighted by Crippen LogP contribution is 2.34. The van der Waals surface area contributed by atoms with Crippen LogP contribution in [0.3, 0.4) is 0 Å². The van der Waals surface area contributed by atoms with E-state index >= 15 is 0 Å². The van der Waals surface area contributed by atoms with E-state index in [1.807, 2.05) is 13.8 Å². The molecule has 1 saturated heterocycles. The fraction of sp³-hybridized carbons (Fsp3) is 0.861. The average Bonchev–Trinajstić information content (AvgIpc) is 2.97. The molecule has 2 N–H and O–H groups in total. The Morgan fingerprint density at radius 1 is 0.795 bits per heavy atom. The number of rotatable bonds is 21. The number of unbranched alkanes of at least 4 members (excludes halogenated alkanes) is 11. The van der Waals surface area contributed by atoms with Crippen molar-refractivity contribution in [1.82, 2.24) is 10.6 Å². The summed E-state index contributed by atoms with van der Waals surface area (Å²) in [7, 11) is 0. The van der Waals surface area contributed by atoms with E-state index in [2.05, 4.69) is 29.7 Å². The van der Waals surface area contributed by atoms with Crippen LogP contribution in [0.25, 0.3) is 0 Å². The number of carbonyl (C=O) groups excluding carboxylic acids is 3. The summed E-state index contributed by atoms with van der Waals surface area (Å²) in [6, 6.07) is 0.159. The van der Waals surface area contributed by atoms with Crippen LogP contribution in [-0.4, -0.2) is 55.0 Å². The monoisotopic (exact) mass is 620 g/mol. The van der Waals surface area contributed by atoms with Gasteiger partial charge in [0, 0.05) is 24.4 Å². The highest BCUT2D eigenvalue weighted by Gasteiger charge is 2.45. The van der Waals surface area contributed by atoms with Crippen molar-refractivity contribution in [3.05, 3.63) is 12.2 Å². The van der Waals surface area contributed by atoms with E-state index in [9.17, 15) is 14.4 Å². The lowest BCUT2D eigenvalue weighted by molar-refractivity contribution is -0.304. The summed E-state index contributed by atoms with van der Waals surface area (Å²) in [5.41, 5.74) is -0.460. The zero-order chi connectivity index (χ0) is 32.3. The van der Waals surface area contributed by atoms with Gasteiger partial charge in [-0.3, -0.25) is 14.4 Å². The molecule has 2 fully saturated rings. The lowest BCUT2D eigenvalue weighted by Gasteiger charge is -2.44. The lowest BCUT2D eigenvalue weighted by atomic mass is 9.85. The molecule has 1 atom stereocenters. The maximum absolute atomic E-state index is 12.7. The van der Waals surface area contributed by atoms with Gasteiger partial charge in [-0.05, 0) is 71.6 Å². The molecule has 1 unspecified atom stereocenters. The minimum Gasteiger partial charge on any atom is -0.462 e. The van der Waals surface area contributed by atoms with Crippen molar-refractivity contribution in [2.45, 2.75) is 181 Å². The Kier molecular flexibility index (Phi) is 18.2. The van der Waals surface area contributed by atoms with E-state index in [1.54, 1.807) is 13.8 Å². The summed E-state index contributed by atoms with van der Waals surface area (Å²) >= 11 is 0. The van der Waals surface area contributed by atoms with E-state index in [-0.39, 0.29) is 42.9 Å². The Bertz CT molecular complexity index is 863. The molecule has 2 rings (SSSR count). The van der Waals surface area contributed by atoms with E-state index in [1.165, 1.54) is 70.6 Å². The zero-order valence-corrected chi connectivity index (χ0v) is 28.7. The van der Waals surface area contributed by atoms with Crippen LogP contribution in [0.5, 0.6) is 0 Å². The maximum atomic E-state index is 12.7. The van der Waals surface area contributed by atoms with Gasteiger partial charge in [0.05, 0.1) is 13.0 Å². The first kappa shape index (κ1) is 38.3. The Labute approximate surface area is 268 Å². The number of ether oxygens (including phenoxy) is 3. The standard InChI is InChI=1S/C36H64N2O6/c1-6-7-8-9-10-11-12-13-14-15-16-17-18-19-20-21-31(39)38-29-22-24-30(25-23-29)43-32(40)26-27-37-34(41)33-35(2,3)28-42-36(4,5)44-33/h13-14,29-30,33H,6-12,15-28H2,1-5H3,(H,37,41)(H,38,39). The molecule has 1 saturated carbocycles. The highest BCUT2D eigenvalue weighted by molar-refractivity contribution is 5.82. The summed E-state index contributed by atoms with van der Waals surface area (Å²) in [5.74, 6) is -1.23. The van der Waals surface area contributed by atoms with Gasteiger partial charge in [-0.2, -0.15) is 0 Å². The molecule has 254 valence electrons. The van der Waals surface area contributed by atoms with Crippen LogP contribution in [0.2, 0.25) is 0 Å². The van der Waals surface area contributed by atoms with Gasteiger partial charge < -0.3 is 24.8 Å². The number of hydrogen-bond acceptors (Lipinski definition) is 6. The molecule has 0 aromatic rings. The third-order valence-corrected chi connectivity index (χ3v) is 8.77. The van der Waals surface area contributed by atoms with E-state index < -0.39 is 17.3 Å². The molecule has 0 bridgehead atoms. The van der Waals surface area contributed by atoms with Crippen molar-refractivity contribution >= 4 is 17.8 Å². The summed E-state index contributed by atoms with van der Waals surface area (Å²) in [6.07, 6.45) is 24.0. The third kappa shape index (κ3) is 16.4. The number of nitrogens with one attached hydrogen (secondary N) is 2. The Morgan fingerprint density at radius 2 is 1.39 bits per heavy atom. The molecule has 1 heterocycles. The van der Waals surface area contributed by atoms with Gasteiger partial charge >= 0.3 is 5.97 Å². The second kappa shape index (κ2) is 21.0. The van der Waals surface area contributed by atoms with E-state index in [4.69, 9.17) is 14.2 Å². The fourth-order valence-corrected chi connectivity index (χ4v) is 5.93. The highest BCUT2D eigenvalue weighted by atomic mass is 16.7. The van der Waals surface area contributed by atoms with Crippen molar-refractivity contribution in [1.29, 1.82) is 0 Å². The van der Waals surface area contributed by atoms with Crippen LogP contribution in [0.1, 0.15) is 157 Å². The minimum atomic E-state index is -0.821.